The highest BCUT2D eigenvalue weighted by atomic mass is 35.5. The number of amides is 2. The number of benzene rings is 2. The van der Waals surface area contributed by atoms with Crippen molar-refractivity contribution >= 4 is 46.4 Å². The molecule has 0 atom stereocenters. The Bertz CT molecular complexity index is 956. The van der Waals surface area contributed by atoms with Crippen LogP contribution in [-0.2, 0) is 11.2 Å². The fourth-order valence-corrected chi connectivity index (χ4v) is 2.90. The number of nitrogens with one attached hydrogen (secondary N) is 2. The molecule has 7 heteroatoms. The zero-order chi connectivity index (χ0) is 19.2. The van der Waals surface area contributed by atoms with Crippen molar-refractivity contribution in [3.8, 4) is 0 Å². The van der Waals surface area contributed by atoms with Crippen LogP contribution in [-0.4, -0.2) is 11.8 Å². The molecule has 138 valence electrons. The third kappa shape index (κ3) is 5.12. The lowest BCUT2D eigenvalue weighted by atomic mass is 10.1. The van der Waals surface area contributed by atoms with Gasteiger partial charge in [-0.25, -0.2) is 0 Å². The Labute approximate surface area is 166 Å². The summed E-state index contributed by atoms with van der Waals surface area (Å²) in [7, 11) is 0. The summed E-state index contributed by atoms with van der Waals surface area (Å²) in [5.41, 5.74) is 1.94. The lowest BCUT2D eigenvalue weighted by Crippen LogP contribution is -2.14. The summed E-state index contributed by atoms with van der Waals surface area (Å²) in [4.78, 5) is 24.2. The van der Waals surface area contributed by atoms with Gasteiger partial charge in [-0.05, 0) is 48.4 Å². The summed E-state index contributed by atoms with van der Waals surface area (Å²) in [5, 5.41) is 6.45. The molecule has 0 saturated heterocycles. The van der Waals surface area contributed by atoms with Crippen molar-refractivity contribution in [1.29, 1.82) is 0 Å². The van der Waals surface area contributed by atoms with E-state index in [9.17, 15) is 9.59 Å². The predicted molar refractivity (Wildman–Crippen MR) is 107 cm³/mol. The maximum Gasteiger partial charge on any atom is 0.291 e. The van der Waals surface area contributed by atoms with Gasteiger partial charge in [0.05, 0.1) is 16.3 Å². The Morgan fingerprint density at radius 2 is 1.67 bits per heavy atom. The molecule has 0 bridgehead atoms. The van der Waals surface area contributed by atoms with Gasteiger partial charge in [0.25, 0.3) is 5.91 Å². The molecule has 2 N–H and O–H groups in total. The van der Waals surface area contributed by atoms with Crippen molar-refractivity contribution in [3.05, 3.63) is 82.2 Å². The quantitative estimate of drug-likeness (QED) is 0.578. The predicted octanol–water partition coefficient (Wildman–Crippen LogP) is 5.41. The number of carbonyl (C=O) groups excluding carboxylic acids is 2. The summed E-state index contributed by atoms with van der Waals surface area (Å²) in [6.45, 7) is 0. The van der Waals surface area contributed by atoms with E-state index >= 15 is 0 Å². The first kappa shape index (κ1) is 19.0. The lowest BCUT2D eigenvalue weighted by molar-refractivity contribution is -0.116. The fraction of sp³-hybridized carbons (Fsp3) is 0.100. The van der Waals surface area contributed by atoms with Crippen LogP contribution in [0.25, 0.3) is 0 Å². The van der Waals surface area contributed by atoms with Crippen LogP contribution in [0.5, 0.6) is 0 Å². The number of aryl methyl sites for hydroxylation is 1. The van der Waals surface area contributed by atoms with Gasteiger partial charge >= 0.3 is 0 Å². The number of rotatable bonds is 6. The highest BCUT2D eigenvalue weighted by Gasteiger charge is 2.10. The van der Waals surface area contributed by atoms with Crippen LogP contribution in [0.2, 0.25) is 10.0 Å². The molecule has 27 heavy (non-hydrogen) atoms. The molecule has 5 nitrogen and oxygen atoms in total. The lowest BCUT2D eigenvalue weighted by Gasteiger charge is -2.09. The van der Waals surface area contributed by atoms with Crippen LogP contribution in [0.15, 0.2) is 65.3 Å². The molecule has 0 spiro atoms. The van der Waals surface area contributed by atoms with Crippen LogP contribution in [0.4, 0.5) is 11.4 Å². The van der Waals surface area contributed by atoms with Gasteiger partial charge in [-0.15, -0.1) is 0 Å². The van der Waals surface area contributed by atoms with E-state index in [2.05, 4.69) is 10.6 Å². The molecule has 3 rings (SSSR count). The van der Waals surface area contributed by atoms with E-state index < -0.39 is 0 Å². The topological polar surface area (TPSA) is 71.3 Å². The number of hydrogen-bond acceptors (Lipinski definition) is 3. The molecule has 0 saturated carbocycles. The molecular formula is C20H16Cl2N2O3. The minimum absolute atomic E-state index is 0.166. The minimum Gasteiger partial charge on any atom is -0.459 e. The van der Waals surface area contributed by atoms with E-state index in [1.54, 1.807) is 48.5 Å². The van der Waals surface area contributed by atoms with Gasteiger partial charge in [-0.2, -0.15) is 0 Å². The van der Waals surface area contributed by atoms with Crippen LogP contribution >= 0.6 is 23.2 Å². The molecule has 0 aliphatic carbocycles. The van der Waals surface area contributed by atoms with E-state index in [4.69, 9.17) is 27.6 Å². The van der Waals surface area contributed by atoms with Crippen molar-refractivity contribution in [2.24, 2.45) is 0 Å². The van der Waals surface area contributed by atoms with Crippen LogP contribution < -0.4 is 10.6 Å². The number of hydrogen-bond donors (Lipinski definition) is 2. The highest BCUT2D eigenvalue weighted by Crippen LogP contribution is 2.26. The molecule has 3 aromatic rings. The van der Waals surface area contributed by atoms with E-state index in [0.29, 0.717) is 27.8 Å². The number of carbonyl (C=O) groups is 2. The number of halogens is 2. The molecule has 0 radical (unpaired) electrons. The molecule has 1 heterocycles. The van der Waals surface area contributed by atoms with Crippen LogP contribution in [0.1, 0.15) is 22.5 Å². The van der Waals surface area contributed by atoms with Crippen LogP contribution in [0, 0.1) is 0 Å². The smallest absolute Gasteiger partial charge is 0.291 e. The number of anilines is 2. The van der Waals surface area contributed by atoms with Crippen molar-refractivity contribution < 1.29 is 14.0 Å². The zero-order valence-electron chi connectivity index (χ0n) is 14.2. The van der Waals surface area contributed by atoms with Crippen molar-refractivity contribution in [1.82, 2.24) is 0 Å². The molecular weight excluding hydrogens is 387 g/mol. The van der Waals surface area contributed by atoms with Gasteiger partial charge in [0, 0.05) is 17.8 Å². The SMILES string of the molecule is O=C(CCc1cccc(Cl)c1Cl)Nc1cccc(NC(=O)c2ccco2)c1. The van der Waals surface area contributed by atoms with E-state index in [1.807, 2.05) is 6.07 Å². The van der Waals surface area contributed by atoms with Crippen molar-refractivity contribution in [3.63, 3.8) is 0 Å². The number of furan rings is 1. The first-order valence-corrected chi connectivity index (χ1v) is 8.96. The maximum absolute atomic E-state index is 12.2. The van der Waals surface area contributed by atoms with Gasteiger partial charge in [-0.3, -0.25) is 9.59 Å². The van der Waals surface area contributed by atoms with Gasteiger partial charge < -0.3 is 15.1 Å². The summed E-state index contributed by atoms with van der Waals surface area (Å²) < 4.78 is 5.05. The largest absolute Gasteiger partial charge is 0.459 e. The van der Waals surface area contributed by atoms with Gasteiger partial charge in [0.2, 0.25) is 5.91 Å². The second-order valence-electron chi connectivity index (χ2n) is 5.77. The molecule has 0 aliphatic heterocycles. The van der Waals surface area contributed by atoms with Crippen molar-refractivity contribution in [2.75, 3.05) is 10.6 Å². The van der Waals surface area contributed by atoms with Gasteiger partial charge in [0.1, 0.15) is 0 Å². The minimum atomic E-state index is -0.362. The first-order chi connectivity index (χ1) is 13.0. The Morgan fingerprint density at radius 1 is 0.926 bits per heavy atom. The summed E-state index contributed by atoms with van der Waals surface area (Å²) in [6, 6.07) is 15.4. The average Bonchev–Trinajstić information content (AvgIpc) is 3.18. The molecule has 2 amide bonds. The summed E-state index contributed by atoms with van der Waals surface area (Å²) >= 11 is 12.1. The zero-order valence-corrected chi connectivity index (χ0v) is 15.7. The van der Waals surface area contributed by atoms with E-state index in [0.717, 1.165) is 5.56 Å². The van der Waals surface area contributed by atoms with E-state index in [-0.39, 0.29) is 24.0 Å². The Balaban J connectivity index is 1.58. The van der Waals surface area contributed by atoms with E-state index in [1.165, 1.54) is 6.26 Å². The molecule has 0 unspecified atom stereocenters. The maximum atomic E-state index is 12.2. The monoisotopic (exact) mass is 402 g/mol. The Hall–Kier alpha value is -2.76. The summed E-state index contributed by atoms with van der Waals surface area (Å²) in [5.74, 6) is -0.317. The Kier molecular flexibility index (Phi) is 6.16. The fourth-order valence-electron chi connectivity index (χ4n) is 2.49. The molecule has 0 aliphatic rings. The Morgan fingerprint density at radius 3 is 2.41 bits per heavy atom. The average molecular weight is 403 g/mol. The first-order valence-electron chi connectivity index (χ1n) is 8.20. The molecule has 2 aromatic carbocycles. The van der Waals surface area contributed by atoms with Gasteiger partial charge in [0.15, 0.2) is 5.76 Å². The molecule has 1 aromatic heterocycles. The second-order valence-corrected chi connectivity index (χ2v) is 6.56. The van der Waals surface area contributed by atoms with Gasteiger partial charge in [-0.1, -0.05) is 41.4 Å². The normalized spacial score (nSPS) is 10.4. The van der Waals surface area contributed by atoms with Crippen molar-refractivity contribution in [2.45, 2.75) is 12.8 Å². The second kappa shape index (κ2) is 8.75. The third-order valence-electron chi connectivity index (χ3n) is 3.80. The standard InChI is InChI=1S/C20H16Cl2N2O3/c21-16-7-1-4-13(19(16)22)9-10-18(25)23-14-5-2-6-15(12-14)24-20(26)17-8-3-11-27-17/h1-8,11-12H,9-10H2,(H,23,25)(H,24,26). The van der Waals surface area contributed by atoms with Crippen LogP contribution in [0.3, 0.4) is 0 Å². The summed E-state index contributed by atoms with van der Waals surface area (Å²) in [6.07, 6.45) is 2.15. The molecule has 0 fully saturated rings. The third-order valence-corrected chi connectivity index (χ3v) is 4.66. The highest BCUT2D eigenvalue weighted by molar-refractivity contribution is 6.42.